The Morgan fingerprint density at radius 3 is 2.62 bits per heavy atom. The Hall–Kier alpha value is -4.12. The number of carbonyl (C=O) groups is 1. The first kappa shape index (κ1) is 28.0. The number of primary amides is 1. The molecule has 6 rings (SSSR count). The van der Waals surface area contributed by atoms with E-state index in [2.05, 4.69) is 28.6 Å². The molecule has 0 radical (unpaired) electrons. The molecular formula is C31H34F3N7O. The highest BCUT2D eigenvalue weighted by atomic mass is 19.4. The first-order chi connectivity index (χ1) is 20.0. The molecule has 11 heteroatoms. The molecule has 4 aromatic rings. The fraction of sp³-hybridized carbons (Fsp3) is 0.387. The molecule has 0 spiro atoms. The molecule has 0 saturated carbocycles. The third-order valence-electron chi connectivity index (χ3n) is 8.48. The van der Waals surface area contributed by atoms with Crippen LogP contribution in [-0.4, -0.2) is 64.5 Å². The fourth-order valence-corrected chi connectivity index (χ4v) is 6.28. The Morgan fingerprint density at radius 2 is 1.88 bits per heavy atom. The van der Waals surface area contributed by atoms with Crippen molar-refractivity contribution in [2.24, 2.45) is 5.73 Å². The Labute approximate surface area is 242 Å². The largest absolute Gasteiger partial charge is 0.416 e. The number of H-pyrrole nitrogens is 1. The van der Waals surface area contributed by atoms with Crippen LogP contribution in [-0.2, 0) is 23.9 Å². The van der Waals surface area contributed by atoms with Crippen molar-refractivity contribution in [3.05, 3.63) is 70.5 Å². The maximum atomic E-state index is 13.6. The van der Waals surface area contributed by atoms with Crippen molar-refractivity contribution in [1.82, 2.24) is 19.9 Å². The monoisotopic (exact) mass is 577 g/mol. The third kappa shape index (κ3) is 5.17. The highest BCUT2D eigenvalue weighted by molar-refractivity contribution is 5.96. The maximum absolute atomic E-state index is 13.6. The molecule has 3 N–H and O–H groups in total. The first-order valence-corrected chi connectivity index (χ1v) is 14.2. The number of aromatic nitrogens is 3. The van der Waals surface area contributed by atoms with Gasteiger partial charge in [0, 0.05) is 79.1 Å². The highest BCUT2D eigenvalue weighted by Gasteiger charge is 2.34. The number of nitrogens with one attached hydrogen (secondary N) is 1. The zero-order valence-corrected chi connectivity index (χ0v) is 23.9. The molecule has 0 unspecified atom stereocenters. The number of aryl methyl sites for hydroxylation is 2. The fourth-order valence-electron chi connectivity index (χ4n) is 6.28. The quantitative estimate of drug-likeness (QED) is 0.353. The van der Waals surface area contributed by atoms with E-state index in [9.17, 15) is 18.0 Å². The predicted molar refractivity (Wildman–Crippen MR) is 157 cm³/mol. The van der Waals surface area contributed by atoms with Gasteiger partial charge >= 0.3 is 6.18 Å². The van der Waals surface area contributed by atoms with Gasteiger partial charge in [-0.1, -0.05) is 18.2 Å². The maximum Gasteiger partial charge on any atom is 0.416 e. The van der Waals surface area contributed by atoms with Gasteiger partial charge in [0.25, 0.3) is 0 Å². The molecule has 0 aliphatic carbocycles. The van der Waals surface area contributed by atoms with Gasteiger partial charge in [0.2, 0.25) is 5.91 Å². The number of piperazine rings is 1. The van der Waals surface area contributed by atoms with Crippen LogP contribution in [0.3, 0.4) is 0 Å². The van der Waals surface area contributed by atoms with E-state index < -0.39 is 11.7 Å². The third-order valence-corrected chi connectivity index (χ3v) is 8.48. The number of anilines is 2. The Balaban J connectivity index is 1.43. The van der Waals surface area contributed by atoms with Crippen LogP contribution in [0.4, 0.5) is 24.7 Å². The standard InChI is InChI=1S/C31H34F3N7O/c1-18-7-8-21(31(32,33)34)13-26(18)40-10-9-24-23(16-40)30(41-12-11-39(17-27(35)42)20(3)15-41)38-29(37-24)22-5-4-6-25-28(22)19(2)14-36-25/h4-8,13-14,20,36H,9-12,15-17H2,1-3H3,(H2,35,42)/t20-/m1/s1. The molecule has 2 aliphatic heterocycles. The number of benzene rings is 2. The van der Waals surface area contributed by atoms with Crippen molar-refractivity contribution in [2.75, 3.05) is 42.5 Å². The summed E-state index contributed by atoms with van der Waals surface area (Å²) in [6.07, 6.45) is -1.87. The van der Waals surface area contributed by atoms with Gasteiger partial charge in [-0.15, -0.1) is 0 Å². The van der Waals surface area contributed by atoms with Crippen LogP contribution in [0.25, 0.3) is 22.3 Å². The second-order valence-corrected chi connectivity index (χ2v) is 11.4. The zero-order chi connectivity index (χ0) is 29.8. The van der Waals surface area contributed by atoms with Gasteiger partial charge < -0.3 is 20.5 Å². The SMILES string of the molecule is Cc1ccc(C(F)(F)F)cc1N1CCc2nc(-c3cccc4[nH]cc(C)c34)nc(N3CCN(CC(N)=O)[C@H](C)C3)c2C1. The summed E-state index contributed by atoms with van der Waals surface area (Å²) >= 11 is 0. The summed E-state index contributed by atoms with van der Waals surface area (Å²) in [7, 11) is 0. The minimum Gasteiger partial charge on any atom is -0.369 e. The Bertz CT molecular complexity index is 1660. The summed E-state index contributed by atoms with van der Waals surface area (Å²) in [5, 5.41) is 1.07. The van der Waals surface area contributed by atoms with E-state index >= 15 is 0 Å². The van der Waals surface area contributed by atoms with E-state index in [0.29, 0.717) is 50.7 Å². The van der Waals surface area contributed by atoms with Gasteiger partial charge in [0.05, 0.1) is 17.8 Å². The zero-order valence-electron chi connectivity index (χ0n) is 23.9. The van der Waals surface area contributed by atoms with Gasteiger partial charge in [-0.3, -0.25) is 9.69 Å². The van der Waals surface area contributed by atoms with Crippen LogP contribution in [0, 0.1) is 13.8 Å². The van der Waals surface area contributed by atoms with Crippen LogP contribution >= 0.6 is 0 Å². The van der Waals surface area contributed by atoms with Crippen molar-refractivity contribution in [1.29, 1.82) is 0 Å². The molecule has 8 nitrogen and oxygen atoms in total. The van der Waals surface area contributed by atoms with Crippen molar-refractivity contribution in [2.45, 2.75) is 46.0 Å². The number of amides is 1. The lowest BCUT2D eigenvalue weighted by atomic mass is 10.0. The number of hydrogen-bond acceptors (Lipinski definition) is 6. The average molecular weight is 578 g/mol. The molecular weight excluding hydrogens is 543 g/mol. The van der Waals surface area contributed by atoms with Gasteiger partial charge in [0.15, 0.2) is 5.82 Å². The highest BCUT2D eigenvalue weighted by Crippen LogP contribution is 2.38. The summed E-state index contributed by atoms with van der Waals surface area (Å²) in [5.41, 5.74) is 11.1. The summed E-state index contributed by atoms with van der Waals surface area (Å²) in [6.45, 7) is 8.99. The lowest BCUT2D eigenvalue weighted by molar-refractivity contribution is -0.137. The molecule has 1 amide bonds. The molecule has 1 atom stereocenters. The van der Waals surface area contributed by atoms with Gasteiger partial charge in [-0.25, -0.2) is 9.97 Å². The van der Waals surface area contributed by atoms with Gasteiger partial charge in [0.1, 0.15) is 5.82 Å². The molecule has 2 aromatic carbocycles. The molecule has 2 aliphatic rings. The Morgan fingerprint density at radius 1 is 1.07 bits per heavy atom. The second-order valence-electron chi connectivity index (χ2n) is 11.4. The predicted octanol–water partition coefficient (Wildman–Crippen LogP) is 4.82. The number of halogens is 3. The van der Waals surface area contributed by atoms with Crippen molar-refractivity contribution in [3.8, 4) is 11.4 Å². The summed E-state index contributed by atoms with van der Waals surface area (Å²) < 4.78 is 40.8. The lowest BCUT2D eigenvalue weighted by Gasteiger charge is -2.41. The topological polar surface area (TPSA) is 94.4 Å². The van der Waals surface area contributed by atoms with Crippen LogP contribution in [0.2, 0.25) is 0 Å². The minimum atomic E-state index is -4.42. The van der Waals surface area contributed by atoms with E-state index in [1.54, 1.807) is 0 Å². The van der Waals surface area contributed by atoms with Crippen molar-refractivity contribution in [3.63, 3.8) is 0 Å². The van der Waals surface area contributed by atoms with E-state index in [4.69, 9.17) is 15.7 Å². The van der Waals surface area contributed by atoms with Crippen molar-refractivity contribution >= 4 is 28.3 Å². The molecule has 0 bridgehead atoms. The summed E-state index contributed by atoms with van der Waals surface area (Å²) in [4.78, 5) is 31.4. The van der Waals surface area contributed by atoms with Gasteiger partial charge in [-0.2, -0.15) is 13.2 Å². The number of aromatic amines is 1. The van der Waals surface area contributed by atoms with Crippen LogP contribution in [0.1, 0.15) is 34.9 Å². The average Bonchev–Trinajstić information content (AvgIpc) is 3.33. The summed E-state index contributed by atoms with van der Waals surface area (Å²) in [5.74, 6) is 1.06. The van der Waals surface area contributed by atoms with E-state index in [0.717, 1.165) is 50.7 Å². The number of fused-ring (bicyclic) bond motifs is 2. The van der Waals surface area contributed by atoms with Crippen LogP contribution in [0.15, 0.2) is 42.6 Å². The summed E-state index contributed by atoms with van der Waals surface area (Å²) in [6, 6.07) is 10.0. The molecule has 4 heterocycles. The normalized spacial score (nSPS) is 18.0. The van der Waals surface area contributed by atoms with Crippen LogP contribution < -0.4 is 15.5 Å². The molecule has 1 fully saturated rings. The molecule has 42 heavy (non-hydrogen) atoms. The number of rotatable bonds is 5. The smallest absolute Gasteiger partial charge is 0.369 e. The van der Waals surface area contributed by atoms with Crippen LogP contribution in [0.5, 0.6) is 0 Å². The number of hydrogen-bond donors (Lipinski definition) is 2. The molecule has 2 aromatic heterocycles. The van der Waals surface area contributed by atoms with E-state index in [-0.39, 0.29) is 18.5 Å². The van der Waals surface area contributed by atoms with E-state index in [1.807, 2.05) is 36.2 Å². The molecule has 1 saturated heterocycles. The van der Waals surface area contributed by atoms with Gasteiger partial charge in [-0.05, 0) is 50.1 Å². The number of alkyl halides is 3. The van der Waals surface area contributed by atoms with Crippen molar-refractivity contribution < 1.29 is 18.0 Å². The molecule has 220 valence electrons. The number of carbonyl (C=O) groups excluding carboxylic acids is 1. The Kier molecular flexibility index (Phi) is 7.08. The first-order valence-electron chi connectivity index (χ1n) is 14.2. The number of nitrogens with zero attached hydrogens (tertiary/aromatic N) is 5. The minimum absolute atomic E-state index is 0.0565. The van der Waals surface area contributed by atoms with E-state index in [1.165, 1.54) is 12.1 Å². The second kappa shape index (κ2) is 10.6. The lowest BCUT2D eigenvalue weighted by Crippen LogP contribution is -2.54. The number of nitrogens with two attached hydrogens (primary N) is 1.